The summed E-state index contributed by atoms with van der Waals surface area (Å²) in [6.07, 6.45) is 3.08. The molecule has 2 aromatic rings. The normalized spacial score (nSPS) is 12.8. The average molecular weight is 424 g/mol. The minimum Gasteiger partial charge on any atom is -0.493 e. The number of hydrogen-bond donors (Lipinski definition) is 3. The monoisotopic (exact) mass is 424 g/mol. The molecule has 3 N–H and O–H groups in total. The van der Waals surface area contributed by atoms with Crippen molar-refractivity contribution < 1.29 is 23.9 Å². The van der Waals surface area contributed by atoms with Crippen LogP contribution in [-0.4, -0.2) is 43.7 Å². The van der Waals surface area contributed by atoms with Gasteiger partial charge in [0, 0.05) is 18.2 Å². The number of methoxy groups -OCH3 is 1. The lowest BCUT2D eigenvalue weighted by molar-refractivity contribution is -0.139. The molecule has 0 atom stereocenters. The van der Waals surface area contributed by atoms with Gasteiger partial charge >= 0.3 is 11.8 Å². The van der Waals surface area contributed by atoms with Crippen molar-refractivity contribution in [3.05, 3.63) is 59.7 Å². The standard InChI is InChI=1S/C22H24N4O5/c1-30-18-9-5-8-16(13-24-26-22(29)21(28)25-17-10-11-17)20(18)31-14-19(27)23-12-15-6-3-2-4-7-15/h2-9,13,17H,10-12,14H2,1H3,(H,23,27)(H,25,28)(H,26,29)/b24-13-. The third-order valence-electron chi connectivity index (χ3n) is 4.40. The third kappa shape index (κ3) is 6.84. The summed E-state index contributed by atoms with van der Waals surface area (Å²) >= 11 is 0. The maximum atomic E-state index is 12.2. The molecule has 1 fully saturated rings. The number of rotatable bonds is 9. The number of ether oxygens (including phenoxy) is 2. The van der Waals surface area contributed by atoms with E-state index in [1.54, 1.807) is 18.2 Å². The van der Waals surface area contributed by atoms with E-state index in [-0.39, 0.29) is 18.6 Å². The molecular weight excluding hydrogens is 400 g/mol. The zero-order chi connectivity index (χ0) is 22.1. The fourth-order valence-electron chi connectivity index (χ4n) is 2.62. The molecule has 0 radical (unpaired) electrons. The van der Waals surface area contributed by atoms with Gasteiger partial charge in [-0.15, -0.1) is 0 Å². The van der Waals surface area contributed by atoms with Crippen LogP contribution in [0, 0.1) is 0 Å². The second-order valence-electron chi connectivity index (χ2n) is 6.88. The van der Waals surface area contributed by atoms with Gasteiger partial charge in [-0.2, -0.15) is 5.10 Å². The van der Waals surface area contributed by atoms with Crippen LogP contribution in [-0.2, 0) is 20.9 Å². The summed E-state index contributed by atoms with van der Waals surface area (Å²) in [4.78, 5) is 35.6. The van der Waals surface area contributed by atoms with Crippen LogP contribution in [0.25, 0.3) is 0 Å². The van der Waals surface area contributed by atoms with Crippen LogP contribution in [0.15, 0.2) is 53.6 Å². The lowest BCUT2D eigenvalue weighted by atomic mass is 10.2. The Bertz CT molecular complexity index is 958. The number of hydrazone groups is 1. The van der Waals surface area contributed by atoms with Crippen molar-refractivity contribution >= 4 is 23.9 Å². The molecule has 0 aliphatic heterocycles. The molecule has 9 nitrogen and oxygen atoms in total. The quantitative estimate of drug-likeness (QED) is 0.317. The number of carbonyl (C=O) groups is 3. The van der Waals surface area contributed by atoms with Crippen LogP contribution in [0.1, 0.15) is 24.0 Å². The van der Waals surface area contributed by atoms with Gasteiger partial charge in [0.15, 0.2) is 18.1 Å². The topological polar surface area (TPSA) is 118 Å². The fraction of sp³-hybridized carbons (Fsp3) is 0.273. The Labute approximate surface area is 179 Å². The Hall–Kier alpha value is -3.88. The minimum absolute atomic E-state index is 0.0775. The van der Waals surface area contributed by atoms with Gasteiger partial charge in [-0.25, -0.2) is 5.43 Å². The second kappa shape index (κ2) is 10.8. The molecule has 3 amide bonds. The molecule has 0 saturated heterocycles. The summed E-state index contributed by atoms with van der Waals surface area (Å²) in [5.74, 6) is -1.19. The number of benzene rings is 2. The van der Waals surface area contributed by atoms with E-state index in [9.17, 15) is 14.4 Å². The van der Waals surface area contributed by atoms with Gasteiger partial charge in [0.25, 0.3) is 5.91 Å². The first-order valence-electron chi connectivity index (χ1n) is 9.81. The van der Waals surface area contributed by atoms with E-state index in [1.165, 1.54) is 13.3 Å². The first-order valence-corrected chi connectivity index (χ1v) is 9.81. The van der Waals surface area contributed by atoms with Crippen molar-refractivity contribution in [3.63, 3.8) is 0 Å². The molecule has 0 bridgehead atoms. The molecule has 0 spiro atoms. The number of nitrogens with one attached hydrogen (secondary N) is 3. The molecular formula is C22H24N4O5. The zero-order valence-electron chi connectivity index (χ0n) is 17.1. The molecule has 0 aromatic heterocycles. The predicted molar refractivity (Wildman–Crippen MR) is 114 cm³/mol. The minimum atomic E-state index is -0.853. The molecule has 31 heavy (non-hydrogen) atoms. The Morgan fingerprint density at radius 1 is 1.06 bits per heavy atom. The van der Waals surface area contributed by atoms with Crippen molar-refractivity contribution in [2.75, 3.05) is 13.7 Å². The average Bonchev–Trinajstić information content (AvgIpc) is 3.61. The highest BCUT2D eigenvalue weighted by Crippen LogP contribution is 2.30. The predicted octanol–water partition coefficient (Wildman–Crippen LogP) is 1.12. The molecule has 162 valence electrons. The lowest BCUT2D eigenvalue weighted by Gasteiger charge is -2.13. The highest BCUT2D eigenvalue weighted by molar-refractivity contribution is 6.35. The molecule has 1 aliphatic rings. The Morgan fingerprint density at radius 2 is 1.84 bits per heavy atom. The summed E-state index contributed by atoms with van der Waals surface area (Å²) in [6, 6.07) is 14.7. The van der Waals surface area contributed by atoms with Crippen molar-refractivity contribution in [2.24, 2.45) is 5.10 Å². The van der Waals surface area contributed by atoms with Crippen LogP contribution in [0.4, 0.5) is 0 Å². The van der Waals surface area contributed by atoms with Crippen LogP contribution < -0.4 is 25.5 Å². The van der Waals surface area contributed by atoms with Gasteiger partial charge in [0.05, 0.1) is 13.3 Å². The smallest absolute Gasteiger partial charge is 0.329 e. The Kier molecular flexibility index (Phi) is 7.58. The number of para-hydroxylation sites is 1. The number of nitrogens with zero attached hydrogens (tertiary/aromatic N) is 1. The van der Waals surface area contributed by atoms with Gasteiger partial charge in [-0.1, -0.05) is 36.4 Å². The zero-order valence-corrected chi connectivity index (χ0v) is 17.1. The van der Waals surface area contributed by atoms with Gasteiger partial charge in [-0.05, 0) is 30.5 Å². The SMILES string of the molecule is COc1cccc(/C=N\NC(=O)C(=O)NC2CC2)c1OCC(=O)NCc1ccccc1. The van der Waals surface area contributed by atoms with Crippen LogP contribution in [0.5, 0.6) is 11.5 Å². The van der Waals surface area contributed by atoms with Crippen molar-refractivity contribution in [1.82, 2.24) is 16.1 Å². The van der Waals surface area contributed by atoms with Crippen molar-refractivity contribution in [3.8, 4) is 11.5 Å². The maximum Gasteiger partial charge on any atom is 0.329 e. The van der Waals surface area contributed by atoms with Crippen LogP contribution in [0.3, 0.4) is 0 Å². The first-order chi connectivity index (χ1) is 15.1. The molecule has 0 unspecified atom stereocenters. The molecule has 0 heterocycles. The van der Waals surface area contributed by atoms with E-state index in [1.807, 2.05) is 30.3 Å². The number of carbonyl (C=O) groups excluding carboxylic acids is 3. The third-order valence-corrected chi connectivity index (χ3v) is 4.40. The maximum absolute atomic E-state index is 12.2. The Morgan fingerprint density at radius 3 is 2.55 bits per heavy atom. The van der Waals surface area contributed by atoms with Crippen molar-refractivity contribution in [1.29, 1.82) is 0 Å². The van der Waals surface area contributed by atoms with Gasteiger partial charge in [0.1, 0.15) is 0 Å². The molecule has 1 saturated carbocycles. The highest BCUT2D eigenvalue weighted by atomic mass is 16.5. The largest absolute Gasteiger partial charge is 0.493 e. The van der Waals surface area contributed by atoms with E-state index in [0.717, 1.165) is 18.4 Å². The van der Waals surface area contributed by atoms with E-state index in [0.29, 0.717) is 23.6 Å². The Balaban J connectivity index is 1.56. The molecule has 1 aliphatic carbocycles. The molecule has 9 heteroatoms. The number of amides is 3. The van der Waals surface area contributed by atoms with Crippen LogP contribution >= 0.6 is 0 Å². The lowest BCUT2D eigenvalue weighted by Crippen LogP contribution is -2.38. The van der Waals surface area contributed by atoms with Crippen molar-refractivity contribution in [2.45, 2.75) is 25.4 Å². The van der Waals surface area contributed by atoms with E-state index in [4.69, 9.17) is 9.47 Å². The van der Waals surface area contributed by atoms with Gasteiger partial charge in [0.2, 0.25) is 0 Å². The van der Waals surface area contributed by atoms with E-state index in [2.05, 4.69) is 21.2 Å². The highest BCUT2D eigenvalue weighted by Gasteiger charge is 2.26. The molecule has 2 aromatic carbocycles. The summed E-state index contributed by atoms with van der Waals surface area (Å²) in [7, 11) is 1.47. The summed E-state index contributed by atoms with van der Waals surface area (Å²) in [5.41, 5.74) is 3.62. The first kappa shape index (κ1) is 21.8. The van der Waals surface area contributed by atoms with E-state index < -0.39 is 11.8 Å². The van der Waals surface area contributed by atoms with Gasteiger partial charge < -0.3 is 20.1 Å². The summed E-state index contributed by atoms with van der Waals surface area (Å²) < 4.78 is 10.9. The van der Waals surface area contributed by atoms with Gasteiger partial charge in [-0.3, -0.25) is 14.4 Å². The number of hydrogen-bond acceptors (Lipinski definition) is 6. The summed E-state index contributed by atoms with van der Waals surface area (Å²) in [5, 5.41) is 9.16. The van der Waals surface area contributed by atoms with Crippen LogP contribution in [0.2, 0.25) is 0 Å². The second-order valence-corrected chi connectivity index (χ2v) is 6.88. The fourth-order valence-corrected chi connectivity index (χ4v) is 2.62. The summed E-state index contributed by atoms with van der Waals surface area (Å²) in [6.45, 7) is 0.155. The molecule has 3 rings (SSSR count). The van der Waals surface area contributed by atoms with E-state index >= 15 is 0 Å².